The molecule has 0 saturated heterocycles. The Labute approximate surface area is 132 Å². The van der Waals surface area contributed by atoms with E-state index in [1.165, 1.54) is 11.1 Å². The normalized spacial score (nSPS) is 10.5. The second kappa shape index (κ2) is 7.64. The highest BCUT2D eigenvalue weighted by Crippen LogP contribution is 2.17. The lowest BCUT2D eigenvalue weighted by atomic mass is 10.0. The number of carbonyl (C=O) groups excluding carboxylic acids is 1. The van der Waals surface area contributed by atoms with Crippen LogP contribution in [0.3, 0.4) is 0 Å². The van der Waals surface area contributed by atoms with Gasteiger partial charge in [0.2, 0.25) is 5.91 Å². The summed E-state index contributed by atoms with van der Waals surface area (Å²) in [5, 5.41) is 6.03. The van der Waals surface area contributed by atoms with E-state index in [1.54, 1.807) is 0 Å². The number of nitrogens with one attached hydrogen (secondary N) is 2. The van der Waals surface area contributed by atoms with E-state index in [0.29, 0.717) is 5.92 Å². The fourth-order valence-corrected chi connectivity index (χ4v) is 2.20. The Morgan fingerprint density at radius 2 is 1.55 bits per heavy atom. The van der Waals surface area contributed by atoms with E-state index in [-0.39, 0.29) is 12.5 Å². The molecule has 0 unspecified atom stereocenters. The average molecular weight is 296 g/mol. The third kappa shape index (κ3) is 4.62. The van der Waals surface area contributed by atoms with Crippen molar-refractivity contribution in [2.75, 3.05) is 17.2 Å². The van der Waals surface area contributed by atoms with E-state index in [4.69, 9.17) is 0 Å². The smallest absolute Gasteiger partial charge is 0.243 e. The molecule has 0 aromatic heterocycles. The van der Waals surface area contributed by atoms with Crippen LogP contribution in [0.4, 0.5) is 11.4 Å². The van der Waals surface area contributed by atoms with Gasteiger partial charge in [0.15, 0.2) is 0 Å². The zero-order chi connectivity index (χ0) is 15.9. The predicted molar refractivity (Wildman–Crippen MR) is 93.5 cm³/mol. The minimum absolute atomic E-state index is 0.0446. The Balaban J connectivity index is 1.84. The summed E-state index contributed by atoms with van der Waals surface area (Å²) >= 11 is 0. The lowest BCUT2D eigenvalue weighted by molar-refractivity contribution is -0.114. The predicted octanol–water partition coefficient (Wildman–Crippen LogP) is 4.42. The summed E-state index contributed by atoms with van der Waals surface area (Å²) < 4.78 is 0. The molecule has 0 heterocycles. The number of rotatable bonds is 6. The molecule has 0 fully saturated rings. The van der Waals surface area contributed by atoms with E-state index in [2.05, 4.69) is 55.7 Å². The lowest BCUT2D eigenvalue weighted by Crippen LogP contribution is -2.21. The first-order chi connectivity index (χ1) is 10.6. The van der Waals surface area contributed by atoms with Crippen molar-refractivity contribution in [3.05, 3.63) is 59.7 Å². The van der Waals surface area contributed by atoms with Crippen LogP contribution >= 0.6 is 0 Å². The molecule has 2 aromatic carbocycles. The van der Waals surface area contributed by atoms with E-state index in [1.807, 2.05) is 24.3 Å². The Morgan fingerprint density at radius 1 is 0.955 bits per heavy atom. The molecule has 2 aromatic rings. The summed E-state index contributed by atoms with van der Waals surface area (Å²) in [6.45, 7) is 6.69. The van der Waals surface area contributed by atoms with Crippen molar-refractivity contribution in [1.29, 1.82) is 0 Å². The fraction of sp³-hybridized carbons (Fsp3) is 0.316. The first kappa shape index (κ1) is 16.1. The van der Waals surface area contributed by atoms with Crippen molar-refractivity contribution in [3.63, 3.8) is 0 Å². The molecule has 0 aliphatic rings. The third-order valence-electron chi connectivity index (χ3n) is 3.68. The quantitative estimate of drug-likeness (QED) is 0.828. The number of amides is 1. The standard InChI is InChI=1S/C19H24N2O/c1-4-15-5-9-17(10-6-15)20-13-19(22)21-18-11-7-16(8-12-18)14(2)3/h5-12,14,20H,4,13H2,1-3H3,(H,21,22). The van der Waals surface area contributed by atoms with Crippen molar-refractivity contribution in [1.82, 2.24) is 0 Å². The molecule has 3 nitrogen and oxygen atoms in total. The molecular weight excluding hydrogens is 272 g/mol. The van der Waals surface area contributed by atoms with Crippen molar-refractivity contribution in [2.45, 2.75) is 33.1 Å². The van der Waals surface area contributed by atoms with Gasteiger partial charge in [0.25, 0.3) is 0 Å². The number of anilines is 2. The van der Waals surface area contributed by atoms with E-state index >= 15 is 0 Å². The molecule has 0 bridgehead atoms. The molecule has 116 valence electrons. The lowest BCUT2D eigenvalue weighted by Gasteiger charge is -2.10. The maximum absolute atomic E-state index is 12.0. The zero-order valence-electron chi connectivity index (χ0n) is 13.5. The molecule has 0 radical (unpaired) electrons. The first-order valence-corrected chi connectivity index (χ1v) is 7.81. The van der Waals surface area contributed by atoms with Crippen molar-refractivity contribution >= 4 is 17.3 Å². The molecule has 2 rings (SSSR count). The summed E-state index contributed by atoms with van der Waals surface area (Å²) in [6.07, 6.45) is 1.02. The molecule has 0 aliphatic carbocycles. The van der Waals surface area contributed by atoms with Gasteiger partial charge in [-0.2, -0.15) is 0 Å². The maximum Gasteiger partial charge on any atom is 0.243 e. The molecule has 0 saturated carbocycles. The summed E-state index contributed by atoms with van der Waals surface area (Å²) in [5.41, 5.74) is 4.35. The molecule has 0 atom stereocenters. The Kier molecular flexibility index (Phi) is 5.59. The molecule has 0 aliphatic heterocycles. The average Bonchev–Trinajstić information content (AvgIpc) is 2.54. The third-order valence-corrected chi connectivity index (χ3v) is 3.68. The highest BCUT2D eigenvalue weighted by atomic mass is 16.1. The second-order valence-electron chi connectivity index (χ2n) is 5.73. The van der Waals surface area contributed by atoms with E-state index < -0.39 is 0 Å². The summed E-state index contributed by atoms with van der Waals surface area (Å²) in [4.78, 5) is 12.0. The minimum Gasteiger partial charge on any atom is -0.376 e. The maximum atomic E-state index is 12.0. The highest BCUT2D eigenvalue weighted by Gasteiger charge is 2.03. The Morgan fingerprint density at radius 3 is 2.09 bits per heavy atom. The summed E-state index contributed by atoms with van der Waals surface area (Å²) in [5.74, 6) is 0.453. The van der Waals surface area contributed by atoms with E-state index in [0.717, 1.165) is 17.8 Å². The van der Waals surface area contributed by atoms with Gasteiger partial charge in [-0.05, 0) is 47.7 Å². The summed E-state index contributed by atoms with van der Waals surface area (Å²) in [7, 11) is 0. The van der Waals surface area contributed by atoms with Crippen LogP contribution in [0, 0.1) is 0 Å². The topological polar surface area (TPSA) is 41.1 Å². The number of hydrogen-bond donors (Lipinski definition) is 2. The Bertz CT molecular complexity index is 600. The molecule has 0 spiro atoms. The second-order valence-corrected chi connectivity index (χ2v) is 5.73. The Hall–Kier alpha value is -2.29. The number of hydrogen-bond acceptors (Lipinski definition) is 2. The van der Waals surface area contributed by atoms with Crippen LogP contribution in [0.25, 0.3) is 0 Å². The number of aryl methyl sites for hydroxylation is 1. The fourth-order valence-electron chi connectivity index (χ4n) is 2.20. The van der Waals surface area contributed by atoms with Crippen LogP contribution in [-0.4, -0.2) is 12.5 Å². The van der Waals surface area contributed by atoms with Gasteiger partial charge in [-0.3, -0.25) is 4.79 Å². The van der Waals surface area contributed by atoms with Gasteiger partial charge in [-0.1, -0.05) is 45.0 Å². The van der Waals surface area contributed by atoms with Crippen LogP contribution in [0.15, 0.2) is 48.5 Å². The van der Waals surface area contributed by atoms with Gasteiger partial charge >= 0.3 is 0 Å². The number of carbonyl (C=O) groups is 1. The number of benzene rings is 2. The largest absolute Gasteiger partial charge is 0.376 e. The van der Waals surface area contributed by atoms with Crippen molar-refractivity contribution in [2.24, 2.45) is 0 Å². The molecule has 1 amide bonds. The van der Waals surface area contributed by atoms with Crippen LogP contribution in [-0.2, 0) is 11.2 Å². The SMILES string of the molecule is CCc1ccc(NCC(=O)Nc2ccc(C(C)C)cc2)cc1. The van der Waals surface area contributed by atoms with Crippen LogP contribution in [0.1, 0.15) is 37.8 Å². The van der Waals surface area contributed by atoms with Crippen molar-refractivity contribution < 1.29 is 4.79 Å². The monoisotopic (exact) mass is 296 g/mol. The zero-order valence-corrected chi connectivity index (χ0v) is 13.5. The van der Waals surface area contributed by atoms with Gasteiger partial charge in [0.05, 0.1) is 6.54 Å². The van der Waals surface area contributed by atoms with Gasteiger partial charge in [0.1, 0.15) is 0 Å². The summed E-state index contributed by atoms with van der Waals surface area (Å²) in [6, 6.07) is 16.2. The van der Waals surface area contributed by atoms with Gasteiger partial charge in [-0.15, -0.1) is 0 Å². The van der Waals surface area contributed by atoms with Crippen LogP contribution in [0.5, 0.6) is 0 Å². The van der Waals surface area contributed by atoms with Gasteiger partial charge in [-0.25, -0.2) is 0 Å². The first-order valence-electron chi connectivity index (χ1n) is 7.81. The van der Waals surface area contributed by atoms with Crippen LogP contribution < -0.4 is 10.6 Å². The highest BCUT2D eigenvalue weighted by molar-refractivity contribution is 5.93. The minimum atomic E-state index is -0.0446. The molecular formula is C19H24N2O. The van der Waals surface area contributed by atoms with Gasteiger partial charge in [0, 0.05) is 11.4 Å². The van der Waals surface area contributed by atoms with Crippen molar-refractivity contribution in [3.8, 4) is 0 Å². The molecule has 3 heteroatoms. The molecule has 22 heavy (non-hydrogen) atoms. The van der Waals surface area contributed by atoms with Crippen LogP contribution in [0.2, 0.25) is 0 Å². The van der Waals surface area contributed by atoms with Gasteiger partial charge < -0.3 is 10.6 Å². The van der Waals surface area contributed by atoms with E-state index in [9.17, 15) is 4.79 Å². The molecule has 2 N–H and O–H groups in total.